The number of nitrogen functional groups attached to an aromatic ring is 2. The number of nitrogens with two attached hydrogens (primary N) is 2. The molecule has 0 spiro atoms. The van der Waals surface area contributed by atoms with Gasteiger partial charge in [-0.3, -0.25) is 0 Å². The van der Waals surface area contributed by atoms with E-state index in [2.05, 4.69) is 19.9 Å². The van der Waals surface area contributed by atoms with Crippen molar-refractivity contribution in [3.05, 3.63) is 53.6 Å². The number of hydrogen-bond acceptors (Lipinski definition) is 7. The Labute approximate surface area is 160 Å². The fraction of sp³-hybridized carbons (Fsp3) is 0.0526. The Bertz CT molecular complexity index is 1150. The topological polar surface area (TPSA) is 113 Å². The van der Waals surface area contributed by atoms with Gasteiger partial charge in [-0.25, -0.2) is 9.97 Å². The lowest BCUT2D eigenvalue weighted by molar-refractivity contribution is 0.415. The highest BCUT2D eigenvalue weighted by Crippen LogP contribution is 2.35. The van der Waals surface area contributed by atoms with Crippen LogP contribution in [-0.2, 0) is 0 Å². The van der Waals surface area contributed by atoms with E-state index in [-0.39, 0.29) is 11.8 Å². The summed E-state index contributed by atoms with van der Waals surface area (Å²) in [6.45, 7) is 0. The summed E-state index contributed by atoms with van der Waals surface area (Å²) in [5.74, 6) is 0.947. The van der Waals surface area contributed by atoms with Crippen LogP contribution in [0.2, 0.25) is 5.02 Å². The third-order valence-corrected chi connectivity index (χ3v) is 4.40. The standard InChI is InChI=1S/C19H15ClN6O/c1-27-11-8-6-10(7-9-11)14-15(12-4-2-3-5-13(12)20)23-16-17(21)25-19(22)26-18(16)24-14/h2-9H,1H3,(H4,21,22,24,25,26). The van der Waals surface area contributed by atoms with E-state index in [1.54, 1.807) is 13.2 Å². The van der Waals surface area contributed by atoms with E-state index in [0.29, 0.717) is 27.6 Å². The van der Waals surface area contributed by atoms with E-state index in [9.17, 15) is 0 Å². The van der Waals surface area contributed by atoms with Crippen molar-refractivity contribution in [3.63, 3.8) is 0 Å². The summed E-state index contributed by atoms with van der Waals surface area (Å²) in [6.07, 6.45) is 0. The summed E-state index contributed by atoms with van der Waals surface area (Å²) in [4.78, 5) is 17.5. The van der Waals surface area contributed by atoms with Crippen LogP contribution in [0.15, 0.2) is 48.5 Å². The van der Waals surface area contributed by atoms with Crippen molar-refractivity contribution < 1.29 is 4.74 Å². The first-order chi connectivity index (χ1) is 13.1. The van der Waals surface area contributed by atoms with Crippen molar-refractivity contribution in [2.45, 2.75) is 0 Å². The van der Waals surface area contributed by atoms with E-state index in [1.807, 2.05) is 42.5 Å². The molecule has 0 saturated heterocycles. The average molecular weight is 379 g/mol. The van der Waals surface area contributed by atoms with E-state index in [1.165, 1.54) is 0 Å². The molecule has 0 aliphatic rings. The summed E-state index contributed by atoms with van der Waals surface area (Å²) in [5.41, 5.74) is 15.1. The number of benzene rings is 2. The molecule has 4 N–H and O–H groups in total. The molecule has 0 aliphatic carbocycles. The molecule has 0 amide bonds. The van der Waals surface area contributed by atoms with E-state index in [0.717, 1.165) is 16.9 Å². The lowest BCUT2D eigenvalue weighted by atomic mass is 10.0. The Morgan fingerprint density at radius 2 is 1.59 bits per heavy atom. The molecule has 2 aromatic carbocycles. The van der Waals surface area contributed by atoms with Gasteiger partial charge in [0.2, 0.25) is 5.95 Å². The average Bonchev–Trinajstić information content (AvgIpc) is 2.68. The lowest BCUT2D eigenvalue weighted by Gasteiger charge is -2.12. The van der Waals surface area contributed by atoms with Gasteiger partial charge in [0.15, 0.2) is 17.0 Å². The Morgan fingerprint density at radius 1 is 0.852 bits per heavy atom. The van der Waals surface area contributed by atoms with Crippen LogP contribution in [0.5, 0.6) is 5.75 Å². The predicted octanol–water partition coefficient (Wildman–Crippen LogP) is 3.58. The lowest BCUT2D eigenvalue weighted by Crippen LogP contribution is -2.05. The highest BCUT2D eigenvalue weighted by molar-refractivity contribution is 6.33. The zero-order chi connectivity index (χ0) is 19.0. The van der Waals surface area contributed by atoms with Crippen LogP contribution >= 0.6 is 11.6 Å². The molecular weight excluding hydrogens is 364 g/mol. The molecule has 7 nitrogen and oxygen atoms in total. The zero-order valence-corrected chi connectivity index (χ0v) is 15.1. The van der Waals surface area contributed by atoms with Gasteiger partial charge >= 0.3 is 0 Å². The summed E-state index contributed by atoms with van der Waals surface area (Å²) >= 11 is 6.41. The van der Waals surface area contributed by atoms with Crippen molar-refractivity contribution in [2.75, 3.05) is 18.6 Å². The quantitative estimate of drug-likeness (QED) is 0.560. The summed E-state index contributed by atoms with van der Waals surface area (Å²) < 4.78 is 5.23. The molecule has 4 rings (SSSR count). The molecule has 2 heterocycles. The van der Waals surface area contributed by atoms with Crippen LogP contribution in [0.3, 0.4) is 0 Å². The van der Waals surface area contributed by atoms with Gasteiger partial charge in [0, 0.05) is 11.1 Å². The largest absolute Gasteiger partial charge is 0.497 e. The second-order valence-corrected chi connectivity index (χ2v) is 6.18. The van der Waals surface area contributed by atoms with E-state index in [4.69, 9.17) is 27.8 Å². The van der Waals surface area contributed by atoms with Gasteiger partial charge in [0.1, 0.15) is 5.75 Å². The minimum absolute atomic E-state index is 0.0421. The second-order valence-electron chi connectivity index (χ2n) is 5.77. The minimum Gasteiger partial charge on any atom is -0.497 e. The third kappa shape index (κ3) is 3.09. The molecule has 0 atom stereocenters. The molecule has 134 valence electrons. The van der Waals surface area contributed by atoms with Gasteiger partial charge in [-0.15, -0.1) is 0 Å². The minimum atomic E-state index is 0.0421. The number of aromatic nitrogens is 4. The van der Waals surface area contributed by atoms with Gasteiger partial charge in [-0.1, -0.05) is 29.8 Å². The van der Waals surface area contributed by atoms with Crippen LogP contribution in [0.4, 0.5) is 11.8 Å². The molecular formula is C19H15ClN6O. The molecule has 0 saturated carbocycles. The molecule has 0 aliphatic heterocycles. The first-order valence-electron chi connectivity index (χ1n) is 8.07. The zero-order valence-electron chi connectivity index (χ0n) is 14.3. The Balaban J connectivity index is 2.04. The number of rotatable bonds is 3. The van der Waals surface area contributed by atoms with Gasteiger partial charge in [0.25, 0.3) is 0 Å². The van der Waals surface area contributed by atoms with Crippen LogP contribution < -0.4 is 16.2 Å². The monoisotopic (exact) mass is 378 g/mol. The molecule has 4 aromatic rings. The van der Waals surface area contributed by atoms with Crippen molar-refractivity contribution in [1.82, 2.24) is 19.9 Å². The predicted molar refractivity (Wildman–Crippen MR) is 106 cm³/mol. The van der Waals surface area contributed by atoms with Crippen molar-refractivity contribution in [3.8, 4) is 28.3 Å². The Kier molecular flexibility index (Phi) is 4.21. The highest BCUT2D eigenvalue weighted by atomic mass is 35.5. The molecule has 0 bridgehead atoms. The van der Waals surface area contributed by atoms with Gasteiger partial charge in [0.05, 0.1) is 23.5 Å². The second kappa shape index (κ2) is 6.69. The van der Waals surface area contributed by atoms with Crippen molar-refractivity contribution >= 4 is 34.5 Å². The van der Waals surface area contributed by atoms with E-state index < -0.39 is 0 Å². The molecule has 0 radical (unpaired) electrons. The maximum absolute atomic E-state index is 6.41. The van der Waals surface area contributed by atoms with Gasteiger partial charge in [-0.05, 0) is 30.3 Å². The van der Waals surface area contributed by atoms with Gasteiger partial charge in [-0.2, -0.15) is 9.97 Å². The molecule has 0 fully saturated rings. The van der Waals surface area contributed by atoms with Crippen LogP contribution in [0.25, 0.3) is 33.7 Å². The number of methoxy groups -OCH3 is 1. The molecule has 8 heteroatoms. The van der Waals surface area contributed by atoms with Crippen molar-refractivity contribution in [2.24, 2.45) is 0 Å². The fourth-order valence-corrected chi connectivity index (χ4v) is 3.00. The van der Waals surface area contributed by atoms with Crippen molar-refractivity contribution in [1.29, 1.82) is 0 Å². The maximum atomic E-state index is 6.41. The van der Waals surface area contributed by atoms with Crippen LogP contribution in [-0.4, -0.2) is 27.0 Å². The molecule has 27 heavy (non-hydrogen) atoms. The highest BCUT2D eigenvalue weighted by Gasteiger charge is 2.18. The maximum Gasteiger partial charge on any atom is 0.224 e. The number of fused-ring (bicyclic) bond motifs is 1. The third-order valence-electron chi connectivity index (χ3n) is 4.07. The first-order valence-corrected chi connectivity index (χ1v) is 8.44. The number of anilines is 2. The Hall–Kier alpha value is -3.45. The molecule has 2 aromatic heterocycles. The number of halogens is 1. The van der Waals surface area contributed by atoms with Crippen LogP contribution in [0.1, 0.15) is 0 Å². The number of nitrogens with zero attached hydrogens (tertiary/aromatic N) is 4. The summed E-state index contributed by atoms with van der Waals surface area (Å²) in [6, 6.07) is 14.9. The fourth-order valence-electron chi connectivity index (χ4n) is 2.78. The SMILES string of the molecule is COc1ccc(-c2nc3nc(N)nc(N)c3nc2-c2ccccc2Cl)cc1. The van der Waals surface area contributed by atoms with E-state index >= 15 is 0 Å². The van der Waals surface area contributed by atoms with Gasteiger partial charge < -0.3 is 16.2 Å². The molecule has 0 unspecified atom stereocenters. The Morgan fingerprint density at radius 3 is 2.30 bits per heavy atom. The van der Waals surface area contributed by atoms with Crippen LogP contribution in [0, 0.1) is 0 Å². The summed E-state index contributed by atoms with van der Waals surface area (Å²) in [7, 11) is 1.61. The summed E-state index contributed by atoms with van der Waals surface area (Å²) in [5, 5.41) is 0.552. The number of ether oxygens (including phenoxy) is 1. The normalized spacial score (nSPS) is 10.9. The number of hydrogen-bond donors (Lipinski definition) is 2. The first kappa shape index (κ1) is 17.0. The smallest absolute Gasteiger partial charge is 0.224 e.